The zero-order chi connectivity index (χ0) is 14.1. The summed E-state index contributed by atoms with van der Waals surface area (Å²) in [7, 11) is 0. The molecule has 1 atom stereocenters. The molecule has 0 amide bonds. The van der Waals surface area contributed by atoms with Crippen LogP contribution >= 0.6 is 54.5 Å². The van der Waals surface area contributed by atoms with E-state index in [1.807, 2.05) is 0 Å². The number of halogens is 2. The molecule has 3 aromatic rings. The first-order valence-electron chi connectivity index (χ1n) is 6.05. The Morgan fingerprint density at radius 2 is 2.05 bits per heavy atom. The Morgan fingerprint density at radius 1 is 1.25 bits per heavy atom. The molecule has 3 N–H and O–H groups in total. The fourth-order valence-electron chi connectivity index (χ4n) is 2.19. The van der Waals surface area contributed by atoms with Crippen LogP contribution in [0.1, 0.15) is 16.5 Å². The maximum atomic E-state index is 5.75. The van der Waals surface area contributed by atoms with Crippen molar-refractivity contribution in [2.24, 2.45) is 5.84 Å². The van der Waals surface area contributed by atoms with Crippen molar-refractivity contribution >= 4 is 64.6 Å². The van der Waals surface area contributed by atoms with Crippen molar-refractivity contribution in [1.29, 1.82) is 0 Å². The highest BCUT2D eigenvalue weighted by Crippen LogP contribution is 2.37. The van der Waals surface area contributed by atoms with Gasteiger partial charge in [0.2, 0.25) is 0 Å². The molecule has 0 spiro atoms. The van der Waals surface area contributed by atoms with Gasteiger partial charge >= 0.3 is 0 Å². The summed E-state index contributed by atoms with van der Waals surface area (Å²) >= 11 is 10.6. The molecule has 2 heterocycles. The van der Waals surface area contributed by atoms with E-state index in [1.165, 1.54) is 20.5 Å². The van der Waals surface area contributed by atoms with Crippen molar-refractivity contribution in [2.45, 2.75) is 12.5 Å². The van der Waals surface area contributed by atoms with Crippen LogP contribution in [-0.4, -0.2) is 0 Å². The molecule has 0 radical (unpaired) electrons. The van der Waals surface area contributed by atoms with Gasteiger partial charge in [-0.3, -0.25) is 11.3 Å². The van der Waals surface area contributed by atoms with Gasteiger partial charge in [0.1, 0.15) is 0 Å². The summed E-state index contributed by atoms with van der Waals surface area (Å²) in [5.41, 5.74) is 4.28. The molecule has 0 bridgehead atoms. The molecule has 0 fully saturated rings. The standard InChI is InChI=1S/C14H12Br2N2S2/c15-10-6-13(20-14(10)16)11(18-17)5-8-7-19-12-4-2-1-3-9(8)12/h1-4,6-7,11,18H,5,17H2. The Morgan fingerprint density at radius 3 is 2.75 bits per heavy atom. The maximum absolute atomic E-state index is 5.75. The van der Waals surface area contributed by atoms with Gasteiger partial charge in [0, 0.05) is 14.0 Å². The number of thiophene rings is 2. The van der Waals surface area contributed by atoms with Crippen LogP contribution in [0.3, 0.4) is 0 Å². The molecule has 0 aliphatic heterocycles. The number of fused-ring (bicyclic) bond motifs is 1. The topological polar surface area (TPSA) is 38.0 Å². The lowest BCUT2D eigenvalue weighted by Gasteiger charge is -2.13. The number of benzene rings is 1. The fourth-order valence-corrected chi connectivity index (χ4v) is 5.31. The molecule has 104 valence electrons. The summed E-state index contributed by atoms with van der Waals surface area (Å²) in [5.74, 6) is 5.75. The lowest BCUT2D eigenvalue weighted by molar-refractivity contribution is 0.562. The Labute approximate surface area is 142 Å². The number of rotatable bonds is 4. The zero-order valence-corrected chi connectivity index (χ0v) is 15.2. The van der Waals surface area contributed by atoms with E-state index in [2.05, 4.69) is 73.0 Å². The van der Waals surface area contributed by atoms with E-state index in [0.717, 1.165) is 14.7 Å². The third kappa shape index (κ3) is 2.86. The lowest BCUT2D eigenvalue weighted by Crippen LogP contribution is -2.28. The number of hydrogen-bond acceptors (Lipinski definition) is 4. The molecule has 0 saturated heterocycles. The molecule has 2 aromatic heterocycles. The van der Waals surface area contributed by atoms with Gasteiger partial charge in [0.25, 0.3) is 0 Å². The molecule has 1 aromatic carbocycles. The zero-order valence-electron chi connectivity index (χ0n) is 10.4. The monoisotopic (exact) mass is 430 g/mol. The quantitative estimate of drug-likeness (QED) is 0.438. The molecule has 3 rings (SSSR count). The summed E-state index contributed by atoms with van der Waals surface area (Å²) in [4.78, 5) is 1.22. The van der Waals surface area contributed by atoms with Crippen LogP contribution in [-0.2, 0) is 6.42 Å². The Hall–Kier alpha value is -0.240. The van der Waals surface area contributed by atoms with Crippen molar-refractivity contribution < 1.29 is 0 Å². The summed E-state index contributed by atoms with van der Waals surface area (Å²) < 4.78 is 3.50. The molecule has 2 nitrogen and oxygen atoms in total. The molecule has 20 heavy (non-hydrogen) atoms. The second-order valence-electron chi connectivity index (χ2n) is 4.45. The van der Waals surface area contributed by atoms with Gasteiger partial charge in [0.05, 0.1) is 9.83 Å². The highest BCUT2D eigenvalue weighted by Gasteiger charge is 2.17. The van der Waals surface area contributed by atoms with Gasteiger partial charge in [-0.1, -0.05) is 18.2 Å². The van der Waals surface area contributed by atoms with Gasteiger partial charge in [0.15, 0.2) is 0 Å². The first kappa shape index (κ1) is 14.7. The minimum absolute atomic E-state index is 0.126. The van der Waals surface area contributed by atoms with Gasteiger partial charge in [-0.2, -0.15) is 0 Å². The second kappa shape index (κ2) is 6.25. The largest absolute Gasteiger partial charge is 0.271 e. The summed E-state index contributed by atoms with van der Waals surface area (Å²) in [6.07, 6.45) is 0.889. The Kier molecular flexibility index (Phi) is 4.59. The smallest absolute Gasteiger partial charge is 0.0843 e. The highest BCUT2D eigenvalue weighted by molar-refractivity contribution is 9.13. The van der Waals surface area contributed by atoms with E-state index in [4.69, 9.17) is 5.84 Å². The van der Waals surface area contributed by atoms with Gasteiger partial charge in [-0.15, -0.1) is 22.7 Å². The van der Waals surface area contributed by atoms with Gasteiger partial charge < -0.3 is 0 Å². The Bertz CT molecular complexity index is 716. The molecule has 0 saturated carbocycles. The average molecular weight is 432 g/mol. The number of hydrazine groups is 1. The molecular weight excluding hydrogens is 420 g/mol. The SMILES string of the molecule is NNC(Cc1csc2ccccc12)c1cc(Br)c(Br)s1. The summed E-state index contributed by atoms with van der Waals surface area (Å²) in [5, 5.41) is 3.56. The van der Waals surface area contributed by atoms with E-state index in [0.29, 0.717) is 0 Å². The van der Waals surface area contributed by atoms with E-state index in [1.54, 1.807) is 22.7 Å². The van der Waals surface area contributed by atoms with E-state index >= 15 is 0 Å². The van der Waals surface area contributed by atoms with Crippen molar-refractivity contribution in [3.05, 3.63) is 54.4 Å². The minimum atomic E-state index is 0.126. The molecule has 6 heteroatoms. The lowest BCUT2D eigenvalue weighted by atomic mass is 10.0. The number of nitrogens with two attached hydrogens (primary N) is 1. The third-order valence-electron chi connectivity index (χ3n) is 3.19. The van der Waals surface area contributed by atoms with E-state index in [-0.39, 0.29) is 6.04 Å². The molecule has 1 unspecified atom stereocenters. The van der Waals surface area contributed by atoms with Crippen molar-refractivity contribution in [3.63, 3.8) is 0 Å². The van der Waals surface area contributed by atoms with Gasteiger partial charge in [-0.05, 0) is 66.7 Å². The molecular formula is C14H12Br2N2S2. The normalized spacial score (nSPS) is 12.9. The minimum Gasteiger partial charge on any atom is -0.271 e. The molecule has 0 aliphatic rings. The highest BCUT2D eigenvalue weighted by atomic mass is 79.9. The first-order chi connectivity index (χ1) is 9.69. The predicted octanol–water partition coefficient (Wildman–Crippen LogP) is 5.23. The third-order valence-corrected chi connectivity index (χ3v) is 7.58. The van der Waals surface area contributed by atoms with Crippen LogP contribution in [0.5, 0.6) is 0 Å². The second-order valence-corrected chi connectivity index (χ2v) is 8.62. The van der Waals surface area contributed by atoms with Crippen LogP contribution in [0.4, 0.5) is 0 Å². The fraction of sp³-hybridized carbons (Fsp3) is 0.143. The number of nitrogens with one attached hydrogen (secondary N) is 1. The van der Waals surface area contributed by atoms with Crippen LogP contribution in [0, 0.1) is 0 Å². The Balaban J connectivity index is 1.91. The molecule has 0 aliphatic carbocycles. The number of hydrogen-bond donors (Lipinski definition) is 2. The van der Waals surface area contributed by atoms with Gasteiger partial charge in [-0.25, -0.2) is 0 Å². The van der Waals surface area contributed by atoms with Crippen LogP contribution in [0.15, 0.2) is 44.0 Å². The maximum Gasteiger partial charge on any atom is 0.0843 e. The van der Waals surface area contributed by atoms with Crippen molar-refractivity contribution in [2.75, 3.05) is 0 Å². The summed E-state index contributed by atoms with van der Waals surface area (Å²) in [6, 6.07) is 10.7. The predicted molar refractivity (Wildman–Crippen MR) is 95.3 cm³/mol. The van der Waals surface area contributed by atoms with Crippen molar-refractivity contribution in [1.82, 2.24) is 5.43 Å². The van der Waals surface area contributed by atoms with E-state index in [9.17, 15) is 0 Å². The van der Waals surface area contributed by atoms with Crippen molar-refractivity contribution in [3.8, 4) is 0 Å². The van der Waals surface area contributed by atoms with E-state index < -0.39 is 0 Å². The summed E-state index contributed by atoms with van der Waals surface area (Å²) in [6.45, 7) is 0. The van der Waals surface area contributed by atoms with Crippen LogP contribution in [0.2, 0.25) is 0 Å². The van der Waals surface area contributed by atoms with Crippen LogP contribution in [0.25, 0.3) is 10.1 Å². The first-order valence-corrected chi connectivity index (χ1v) is 9.33. The van der Waals surface area contributed by atoms with Crippen LogP contribution < -0.4 is 11.3 Å². The average Bonchev–Trinajstić information content (AvgIpc) is 3.01.